The van der Waals surface area contributed by atoms with Crippen LogP contribution < -0.4 is 10.5 Å². The predicted octanol–water partition coefficient (Wildman–Crippen LogP) is 1.35. The second kappa shape index (κ2) is 7.47. The van der Waals surface area contributed by atoms with E-state index < -0.39 is 10.0 Å². The Kier molecular flexibility index (Phi) is 6.27. The number of sulfonamides is 1. The van der Waals surface area contributed by atoms with Gasteiger partial charge in [0.2, 0.25) is 10.0 Å². The maximum atomic E-state index is 11.8. The van der Waals surface area contributed by atoms with Crippen molar-refractivity contribution >= 4 is 15.7 Å². The van der Waals surface area contributed by atoms with Gasteiger partial charge < -0.3 is 10.5 Å². The molecule has 0 aliphatic carbocycles. The van der Waals surface area contributed by atoms with Crippen molar-refractivity contribution in [3.05, 3.63) is 29.8 Å². The van der Waals surface area contributed by atoms with E-state index in [1.54, 1.807) is 12.1 Å². The summed E-state index contributed by atoms with van der Waals surface area (Å²) >= 11 is 0. The van der Waals surface area contributed by atoms with Crippen molar-refractivity contribution in [2.75, 3.05) is 23.6 Å². The van der Waals surface area contributed by atoms with Crippen LogP contribution in [0.15, 0.2) is 24.3 Å². The number of hydrogen-bond acceptors (Lipinski definition) is 4. The maximum Gasteiger partial charge on any atom is 0.234 e. The summed E-state index contributed by atoms with van der Waals surface area (Å²) in [4.78, 5) is 0. The molecule has 1 aromatic rings. The predicted molar refractivity (Wildman–Crippen MR) is 77.7 cm³/mol. The number of nitrogens with two attached hydrogens (primary N) is 1. The summed E-state index contributed by atoms with van der Waals surface area (Å²) in [6.07, 6.45) is 0.820. The van der Waals surface area contributed by atoms with Crippen LogP contribution >= 0.6 is 0 Å². The average Bonchev–Trinajstić information content (AvgIpc) is 2.31. The van der Waals surface area contributed by atoms with Crippen molar-refractivity contribution in [1.29, 1.82) is 0 Å². The Morgan fingerprint density at radius 3 is 2.42 bits per heavy atom. The summed E-state index contributed by atoms with van der Waals surface area (Å²) in [6.45, 7) is 4.52. The van der Waals surface area contributed by atoms with Gasteiger partial charge in [0, 0.05) is 5.69 Å². The van der Waals surface area contributed by atoms with Gasteiger partial charge in [-0.1, -0.05) is 12.1 Å². The first-order valence-electron chi connectivity index (χ1n) is 6.34. The molecule has 5 nitrogen and oxygen atoms in total. The molecule has 0 saturated heterocycles. The molecule has 0 saturated carbocycles. The van der Waals surface area contributed by atoms with E-state index in [-0.39, 0.29) is 18.5 Å². The zero-order valence-corrected chi connectivity index (χ0v) is 12.2. The fourth-order valence-electron chi connectivity index (χ4n) is 1.53. The van der Waals surface area contributed by atoms with Crippen LogP contribution in [0.1, 0.15) is 19.4 Å². The lowest BCUT2D eigenvalue weighted by Gasteiger charge is -2.10. The Labute approximate surface area is 115 Å². The fraction of sp³-hybridized carbons (Fsp3) is 0.538. The van der Waals surface area contributed by atoms with Crippen LogP contribution in [0.5, 0.6) is 0 Å². The molecule has 0 amide bonds. The van der Waals surface area contributed by atoms with Crippen molar-refractivity contribution in [3.8, 4) is 0 Å². The Morgan fingerprint density at radius 1 is 1.26 bits per heavy atom. The van der Waals surface area contributed by atoms with Crippen LogP contribution in [-0.2, 0) is 21.2 Å². The van der Waals surface area contributed by atoms with E-state index in [1.165, 1.54) is 0 Å². The van der Waals surface area contributed by atoms with Gasteiger partial charge in [-0.15, -0.1) is 0 Å². The summed E-state index contributed by atoms with van der Waals surface area (Å²) in [5.74, 6) is -0.0459. The van der Waals surface area contributed by atoms with E-state index in [1.807, 2.05) is 26.0 Å². The number of anilines is 1. The molecule has 0 aliphatic rings. The van der Waals surface area contributed by atoms with E-state index in [0.717, 1.165) is 12.0 Å². The molecule has 1 aromatic carbocycles. The molecule has 6 heteroatoms. The Morgan fingerprint density at radius 2 is 1.89 bits per heavy atom. The van der Waals surface area contributed by atoms with E-state index in [9.17, 15) is 8.42 Å². The average molecular weight is 286 g/mol. The lowest BCUT2D eigenvalue weighted by molar-refractivity contribution is 0.0913. The van der Waals surface area contributed by atoms with Gasteiger partial charge in [-0.2, -0.15) is 0 Å². The number of ether oxygens (including phenoxy) is 1. The van der Waals surface area contributed by atoms with Gasteiger partial charge in [-0.25, -0.2) is 8.42 Å². The molecule has 0 aromatic heterocycles. The zero-order valence-electron chi connectivity index (χ0n) is 11.4. The maximum absolute atomic E-state index is 11.8. The molecule has 0 fully saturated rings. The van der Waals surface area contributed by atoms with Gasteiger partial charge in [0.25, 0.3) is 0 Å². The fourth-order valence-corrected chi connectivity index (χ4v) is 2.44. The quantitative estimate of drug-likeness (QED) is 0.756. The second-order valence-corrected chi connectivity index (χ2v) is 6.42. The molecule has 0 bridgehead atoms. The normalized spacial score (nSPS) is 11.8. The van der Waals surface area contributed by atoms with Crippen LogP contribution in [0.4, 0.5) is 5.69 Å². The number of rotatable bonds is 8. The topological polar surface area (TPSA) is 81.4 Å². The first-order chi connectivity index (χ1) is 8.93. The lowest BCUT2D eigenvalue weighted by atomic mass is 10.1. The van der Waals surface area contributed by atoms with Crippen molar-refractivity contribution in [3.63, 3.8) is 0 Å². The van der Waals surface area contributed by atoms with Crippen LogP contribution in [0.2, 0.25) is 0 Å². The molecule has 0 spiro atoms. The Hall–Kier alpha value is -1.11. The summed E-state index contributed by atoms with van der Waals surface area (Å²) < 4.78 is 31.3. The molecule has 0 unspecified atom stereocenters. The highest BCUT2D eigenvalue weighted by Gasteiger charge is 2.10. The summed E-state index contributed by atoms with van der Waals surface area (Å²) in [5, 5.41) is 0. The molecular formula is C13H22N2O3S. The summed E-state index contributed by atoms with van der Waals surface area (Å²) in [7, 11) is -3.36. The molecule has 108 valence electrons. The van der Waals surface area contributed by atoms with Gasteiger partial charge >= 0.3 is 0 Å². The monoisotopic (exact) mass is 286 g/mol. The minimum Gasteiger partial charge on any atom is -0.378 e. The minimum atomic E-state index is -3.36. The first-order valence-corrected chi connectivity index (χ1v) is 7.99. The van der Waals surface area contributed by atoms with Crippen LogP contribution in [0, 0.1) is 0 Å². The molecular weight excluding hydrogens is 264 g/mol. The minimum absolute atomic E-state index is 0.0331. The van der Waals surface area contributed by atoms with Crippen LogP contribution in [0.25, 0.3) is 0 Å². The van der Waals surface area contributed by atoms with E-state index >= 15 is 0 Å². The number of benzene rings is 1. The molecule has 0 aliphatic heterocycles. The highest BCUT2D eigenvalue weighted by Crippen LogP contribution is 2.11. The van der Waals surface area contributed by atoms with E-state index in [4.69, 9.17) is 10.5 Å². The van der Waals surface area contributed by atoms with Crippen molar-refractivity contribution < 1.29 is 13.2 Å². The number of nitrogens with one attached hydrogen (secondary N) is 1. The van der Waals surface area contributed by atoms with Crippen molar-refractivity contribution in [2.24, 2.45) is 5.73 Å². The standard InChI is InChI=1S/C13H22N2O3S/c1-11(2)18-9-10-19(16,17)15-13-5-3-12(4-6-13)7-8-14/h3-6,11,15H,7-10,14H2,1-2H3. The molecule has 0 radical (unpaired) electrons. The molecule has 19 heavy (non-hydrogen) atoms. The largest absolute Gasteiger partial charge is 0.378 e. The Bertz CT molecular complexity index is 469. The number of hydrogen-bond donors (Lipinski definition) is 2. The van der Waals surface area contributed by atoms with E-state index in [2.05, 4.69) is 4.72 Å². The first kappa shape index (κ1) is 15.9. The third kappa shape index (κ3) is 6.56. The van der Waals surface area contributed by atoms with Gasteiger partial charge in [0.05, 0.1) is 18.5 Å². The Balaban J connectivity index is 2.52. The van der Waals surface area contributed by atoms with Gasteiger partial charge in [-0.3, -0.25) is 4.72 Å². The van der Waals surface area contributed by atoms with Crippen molar-refractivity contribution in [2.45, 2.75) is 26.4 Å². The summed E-state index contributed by atoms with van der Waals surface area (Å²) in [6, 6.07) is 7.22. The zero-order chi connectivity index (χ0) is 14.3. The van der Waals surface area contributed by atoms with Crippen LogP contribution in [-0.4, -0.2) is 33.4 Å². The van der Waals surface area contributed by atoms with Crippen LogP contribution in [0.3, 0.4) is 0 Å². The molecule has 0 atom stereocenters. The smallest absolute Gasteiger partial charge is 0.234 e. The highest BCUT2D eigenvalue weighted by atomic mass is 32.2. The molecule has 1 rings (SSSR count). The lowest BCUT2D eigenvalue weighted by Crippen LogP contribution is -2.21. The third-order valence-electron chi connectivity index (χ3n) is 2.46. The van der Waals surface area contributed by atoms with Gasteiger partial charge in [0.1, 0.15) is 0 Å². The van der Waals surface area contributed by atoms with Crippen molar-refractivity contribution in [1.82, 2.24) is 0 Å². The highest BCUT2D eigenvalue weighted by molar-refractivity contribution is 7.92. The second-order valence-electron chi connectivity index (χ2n) is 4.58. The SMILES string of the molecule is CC(C)OCCS(=O)(=O)Nc1ccc(CCN)cc1. The molecule has 0 heterocycles. The van der Waals surface area contributed by atoms with Gasteiger partial charge in [-0.05, 0) is 44.5 Å². The third-order valence-corrected chi connectivity index (χ3v) is 3.71. The summed E-state index contributed by atoms with van der Waals surface area (Å²) in [5.41, 5.74) is 7.11. The van der Waals surface area contributed by atoms with Gasteiger partial charge in [0.15, 0.2) is 0 Å². The molecule has 3 N–H and O–H groups in total. The van der Waals surface area contributed by atoms with E-state index in [0.29, 0.717) is 12.2 Å².